The Labute approximate surface area is 111 Å². The van der Waals surface area contributed by atoms with E-state index in [0.717, 1.165) is 16.7 Å². The summed E-state index contributed by atoms with van der Waals surface area (Å²) in [5, 5.41) is 11.0. The molecule has 0 aliphatic rings. The molecule has 2 aromatic rings. The lowest BCUT2D eigenvalue weighted by Crippen LogP contribution is -2.23. The summed E-state index contributed by atoms with van der Waals surface area (Å²) in [4.78, 5) is 10.5. The summed E-state index contributed by atoms with van der Waals surface area (Å²) in [5.41, 5.74) is 9.74. The third-order valence-corrected chi connectivity index (χ3v) is 2.89. The van der Waals surface area contributed by atoms with Crippen molar-refractivity contribution in [3.63, 3.8) is 0 Å². The molecule has 4 N–H and O–H groups in total. The molecule has 0 fully saturated rings. The summed E-state index contributed by atoms with van der Waals surface area (Å²) < 4.78 is 0. The predicted octanol–water partition coefficient (Wildman–Crippen LogP) is 2.75. The van der Waals surface area contributed by atoms with Gasteiger partial charge in [-0.3, -0.25) is 0 Å². The predicted molar refractivity (Wildman–Crippen MR) is 76.0 cm³/mol. The van der Waals surface area contributed by atoms with E-state index < -0.39 is 6.09 Å². The molecule has 0 spiro atoms. The number of nitrogens with one attached hydrogen (secondary N) is 1. The second-order valence-corrected chi connectivity index (χ2v) is 4.26. The maximum atomic E-state index is 10.5. The Morgan fingerprint density at radius 1 is 1.16 bits per heavy atom. The molecule has 19 heavy (non-hydrogen) atoms. The zero-order chi connectivity index (χ0) is 13.7. The molecule has 0 aliphatic heterocycles. The van der Waals surface area contributed by atoms with E-state index in [-0.39, 0.29) is 0 Å². The highest BCUT2D eigenvalue weighted by Gasteiger charge is 2.06. The average Bonchev–Trinajstić information content (AvgIpc) is 2.41. The molecular weight excluding hydrogens is 240 g/mol. The third-order valence-electron chi connectivity index (χ3n) is 2.89. The molecule has 4 nitrogen and oxygen atoms in total. The fourth-order valence-corrected chi connectivity index (χ4v) is 2.00. The lowest BCUT2D eigenvalue weighted by molar-refractivity contribution is 0.194. The highest BCUT2D eigenvalue weighted by Crippen LogP contribution is 2.26. The minimum absolute atomic E-state index is 0.388. The van der Waals surface area contributed by atoms with Crippen molar-refractivity contribution in [3.8, 4) is 11.1 Å². The smallest absolute Gasteiger partial charge is 0.404 e. The first kappa shape index (κ1) is 13.0. The van der Waals surface area contributed by atoms with Gasteiger partial charge >= 0.3 is 6.09 Å². The summed E-state index contributed by atoms with van der Waals surface area (Å²) in [7, 11) is 0. The fraction of sp³-hybridized carbons (Fsp3) is 0.133. The van der Waals surface area contributed by atoms with Crippen molar-refractivity contribution in [1.82, 2.24) is 5.32 Å². The Morgan fingerprint density at radius 2 is 1.89 bits per heavy atom. The van der Waals surface area contributed by atoms with Crippen LogP contribution in [-0.2, 0) is 6.42 Å². The minimum Gasteiger partial charge on any atom is -0.465 e. The first-order chi connectivity index (χ1) is 9.16. The molecular formula is C15H16N2O2. The summed E-state index contributed by atoms with van der Waals surface area (Å²) in [6.07, 6.45) is -0.367. The van der Waals surface area contributed by atoms with Crippen molar-refractivity contribution in [2.75, 3.05) is 12.3 Å². The van der Waals surface area contributed by atoms with E-state index in [0.29, 0.717) is 18.7 Å². The lowest BCUT2D eigenvalue weighted by Gasteiger charge is -2.11. The van der Waals surface area contributed by atoms with Crippen LogP contribution in [0.3, 0.4) is 0 Å². The van der Waals surface area contributed by atoms with Crippen molar-refractivity contribution in [1.29, 1.82) is 0 Å². The number of hydrogen-bond donors (Lipinski definition) is 3. The van der Waals surface area contributed by atoms with Gasteiger partial charge in [0, 0.05) is 12.2 Å². The number of amides is 1. The zero-order valence-corrected chi connectivity index (χ0v) is 10.5. The molecule has 0 heterocycles. The molecule has 0 unspecified atom stereocenters. The molecule has 2 rings (SSSR count). The third kappa shape index (κ3) is 3.48. The van der Waals surface area contributed by atoms with Gasteiger partial charge in [-0.25, -0.2) is 4.79 Å². The Morgan fingerprint density at radius 3 is 2.58 bits per heavy atom. The van der Waals surface area contributed by atoms with E-state index >= 15 is 0 Å². The summed E-state index contributed by atoms with van der Waals surface area (Å²) in [6.45, 7) is 0.388. The number of benzene rings is 2. The highest BCUT2D eigenvalue weighted by atomic mass is 16.4. The van der Waals surface area contributed by atoms with Crippen LogP contribution in [-0.4, -0.2) is 17.7 Å². The van der Waals surface area contributed by atoms with Crippen molar-refractivity contribution in [3.05, 3.63) is 54.1 Å². The van der Waals surface area contributed by atoms with Gasteiger partial charge in [-0.15, -0.1) is 0 Å². The number of carboxylic acid groups (broad SMARTS) is 1. The standard InChI is InChI=1S/C15H16N2O2/c16-13-7-6-12(8-9-17-15(18)19)14(10-13)11-4-2-1-3-5-11/h1-7,10,17H,8-9,16H2,(H,18,19). The van der Waals surface area contributed by atoms with Crippen molar-refractivity contribution in [2.24, 2.45) is 0 Å². The van der Waals surface area contributed by atoms with Gasteiger partial charge in [-0.2, -0.15) is 0 Å². The first-order valence-electron chi connectivity index (χ1n) is 6.07. The minimum atomic E-state index is -1.00. The van der Waals surface area contributed by atoms with Gasteiger partial charge in [0.15, 0.2) is 0 Å². The molecule has 4 heteroatoms. The largest absolute Gasteiger partial charge is 0.465 e. The van der Waals surface area contributed by atoms with Crippen LogP contribution in [0.5, 0.6) is 0 Å². The molecule has 0 saturated carbocycles. The van der Waals surface area contributed by atoms with Crippen LogP contribution < -0.4 is 11.1 Å². The van der Waals surface area contributed by atoms with Gasteiger partial charge in [0.1, 0.15) is 0 Å². The lowest BCUT2D eigenvalue weighted by atomic mass is 9.97. The maximum absolute atomic E-state index is 10.5. The SMILES string of the molecule is Nc1ccc(CCNC(=O)O)c(-c2ccccc2)c1. The summed E-state index contributed by atoms with van der Waals surface area (Å²) in [6, 6.07) is 15.6. The van der Waals surface area contributed by atoms with E-state index in [1.807, 2.05) is 48.5 Å². The summed E-state index contributed by atoms with van der Waals surface area (Å²) in [5.74, 6) is 0. The van der Waals surface area contributed by atoms with Crippen molar-refractivity contribution >= 4 is 11.8 Å². The molecule has 0 atom stereocenters. The van der Waals surface area contributed by atoms with Crippen LogP contribution >= 0.6 is 0 Å². The second-order valence-electron chi connectivity index (χ2n) is 4.26. The molecule has 98 valence electrons. The number of hydrogen-bond acceptors (Lipinski definition) is 2. The van der Waals surface area contributed by atoms with E-state index in [4.69, 9.17) is 10.8 Å². The zero-order valence-electron chi connectivity index (χ0n) is 10.5. The average molecular weight is 256 g/mol. The van der Waals surface area contributed by atoms with Crippen LogP contribution in [0.2, 0.25) is 0 Å². The number of carbonyl (C=O) groups is 1. The van der Waals surface area contributed by atoms with Crippen LogP contribution in [0.25, 0.3) is 11.1 Å². The molecule has 0 radical (unpaired) electrons. The van der Waals surface area contributed by atoms with E-state index in [1.54, 1.807) is 0 Å². The Kier molecular flexibility index (Phi) is 4.03. The number of rotatable bonds is 4. The van der Waals surface area contributed by atoms with Gasteiger partial charge in [0.05, 0.1) is 0 Å². The number of anilines is 1. The van der Waals surface area contributed by atoms with Gasteiger partial charge in [-0.1, -0.05) is 36.4 Å². The normalized spacial score (nSPS) is 10.1. The Hall–Kier alpha value is -2.49. The Bertz CT molecular complexity index is 568. The number of nitrogen functional groups attached to an aromatic ring is 1. The Balaban J connectivity index is 2.26. The first-order valence-corrected chi connectivity index (χ1v) is 6.07. The van der Waals surface area contributed by atoms with Crippen molar-refractivity contribution in [2.45, 2.75) is 6.42 Å². The monoisotopic (exact) mass is 256 g/mol. The van der Waals surface area contributed by atoms with Gasteiger partial charge < -0.3 is 16.2 Å². The fourth-order valence-electron chi connectivity index (χ4n) is 2.00. The molecule has 0 bridgehead atoms. The quantitative estimate of drug-likeness (QED) is 0.736. The molecule has 0 saturated heterocycles. The summed E-state index contributed by atoms with van der Waals surface area (Å²) >= 11 is 0. The van der Waals surface area contributed by atoms with E-state index in [2.05, 4.69) is 5.32 Å². The maximum Gasteiger partial charge on any atom is 0.404 e. The van der Waals surface area contributed by atoms with Gasteiger partial charge in [0.2, 0.25) is 0 Å². The van der Waals surface area contributed by atoms with Crippen LogP contribution in [0, 0.1) is 0 Å². The molecule has 1 amide bonds. The topological polar surface area (TPSA) is 75.3 Å². The van der Waals surface area contributed by atoms with E-state index in [9.17, 15) is 4.79 Å². The van der Waals surface area contributed by atoms with E-state index in [1.165, 1.54) is 0 Å². The molecule has 0 aromatic heterocycles. The highest BCUT2D eigenvalue weighted by molar-refractivity contribution is 5.71. The molecule has 0 aliphatic carbocycles. The van der Waals surface area contributed by atoms with Gasteiger partial charge in [-0.05, 0) is 35.2 Å². The number of nitrogens with two attached hydrogens (primary N) is 1. The second kappa shape index (κ2) is 5.91. The van der Waals surface area contributed by atoms with Crippen LogP contribution in [0.15, 0.2) is 48.5 Å². The van der Waals surface area contributed by atoms with Crippen molar-refractivity contribution < 1.29 is 9.90 Å². The van der Waals surface area contributed by atoms with Gasteiger partial charge in [0.25, 0.3) is 0 Å². The molecule has 2 aromatic carbocycles. The van der Waals surface area contributed by atoms with Crippen LogP contribution in [0.1, 0.15) is 5.56 Å². The van der Waals surface area contributed by atoms with Crippen LogP contribution in [0.4, 0.5) is 10.5 Å².